The smallest absolute Gasteiger partial charge is 0.251 e. The number of primary amides is 1. The second kappa shape index (κ2) is 7.74. The first-order valence-electron chi connectivity index (χ1n) is 7.84. The predicted molar refractivity (Wildman–Crippen MR) is 94.7 cm³/mol. The minimum atomic E-state index is -1.88. The van der Waals surface area contributed by atoms with Crippen LogP contribution in [-0.4, -0.2) is 32.8 Å². The third-order valence-electron chi connectivity index (χ3n) is 4.36. The molecule has 6 heteroatoms. The number of carbonyl (C=O) groups excluding carboxylic acids is 2. The van der Waals surface area contributed by atoms with Gasteiger partial charge in [-0.2, -0.15) is 0 Å². The molecule has 0 aromatic heterocycles. The molecule has 1 aromatic carbocycles. The summed E-state index contributed by atoms with van der Waals surface area (Å²) >= 11 is 0. The maximum Gasteiger partial charge on any atom is 0.251 e. The lowest BCUT2D eigenvalue weighted by Gasteiger charge is -2.36. The molecule has 0 spiro atoms. The number of rotatable bonds is 7. The Morgan fingerprint density at radius 3 is 2.26 bits per heavy atom. The van der Waals surface area contributed by atoms with Crippen LogP contribution in [0.5, 0.6) is 0 Å². The second-order valence-electron chi connectivity index (χ2n) is 7.19. The van der Waals surface area contributed by atoms with Crippen molar-refractivity contribution in [3.63, 3.8) is 0 Å². The lowest BCUT2D eigenvalue weighted by molar-refractivity contribution is -0.120. The van der Waals surface area contributed by atoms with E-state index in [1.54, 1.807) is 24.3 Å². The van der Waals surface area contributed by atoms with Gasteiger partial charge in [-0.1, -0.05) is 39.0 Å². The molecule has 2 amide bonds. The standard InChI is InChI=1S/C17H28N2O3Si/c1-17(2,3)23(4,5)22-12-11-14(15(18)20)19-16(21)13-9-7-6-8-10-13/h6-10,14H,11-12H2,1-5H3,(H2,18,20)(H,19,21)/t14-/m0/s1. The molecule has 0 fully saturated rings. The van der Waals surface area contributed by atoms with Gasteiger partial charge in [0.05, 0.1) is 0 Å². The fraction of sp³-hybridized carbons (Fsp3) is 0.529. The van der Waals surface area contributed by atoms with E-state index in [2.05, 4.69) is 39.2 Å². The minimum Gasteiger partial charge on any atom is -0.417 e. The number of benzene rings is 1. The van der Waals surface area contributed by atoms with E-state index in [4.69, 9.17) is 10.2 Å². The van der Waals surface area contributed by atoms with Crippen LogP contribution in [0.4, 0.5) is 0 Å². The molecule has 0 saturated heterocycles. The number of hydrogen-bond donors (Lipinski definition) is 2. The first-order chi connectivity index (χ1) is 10.5. The number of carbonyl (C=O) groups is 2. The van der Waals surface area contributed by atoms with Crippen LogP contribution in [0.2, 0.25) is 18.1 Å². The van der Waals surface area contributed by atoms with E-state index >= 15 is 0 Å². The van der Waals surface area contributed by atoms with Gasteiger partial charge in [0.1, 0.15) is 6.04 Å². The Kier molecular flexibility index (Phi) is 6.53. The molecule has 0 bridgehead atoms. The summed E-state index contributed by atoms with van der Waals surface area (Å²) in [5.41, 5.74) is 5.90. The van der Waals surface area contributed by atoms with Crippen LogP contribution in [0, 0.1) is 0 Å². The zero-order valence-corrected chi connectivity index (χ0v) is 15.7. The van der Waals surface area contributed by atoms with E-state index < -0.39 is 20.3 Å². The number of amides is 2. The summed E-state index contributed by atoms with van der Waals surface area (Å²) in [6.45, 7) is 11.2. The van der Waals surface area contributed by atoms with Crippen LogP contribution in [0.25, 0.3) is 0 Å². The summed E-state index contributed by atoms with van der Waals surface area (Å²) in [4.78, 5) is 23.7. The van der Waals surface area contributed by atoms with Gasteiger partial charge in [-0.05, 0) is 36.7 Å². The normalized spacial score (nSPS) is 13.4. The quantitative estimate of drug-likeness (QED) is 0.751. The van der Waals surface area contributed by atoms with Crippen LogP contribution in [0.3, 0.4) is 0 Å². The molecular formula is C17H28N2O3Si. The highest BCUT2D eigenvalue weighted by Crippen LogP contribution is 2.36. The largest absolute Gasteiger partial charge is 0.417 e. The molecule has 1 atom stereocenters. The molecule has 3 N–H and O–H groups in total. The van der Waals surface area contributed by atoms with Crippen molar-refractivity contribution in [1.82, 2.24) is 5.32 Å². The highest BCUT2D eigenvalue weighted by atomic mass is 28.4. The summed E-state index contributed by atoms with van der Waals surface area (Å²) in [6.07, 6.45) is 0.375. The Morgan fingerprint density at radius 1 is 1.22 bits per heavy atom. The van der Waals surface area contributed by atoms with Gasteiger partial charge in [0.15, 0.2) is 8.32 Å². The summed E-state index contributed by atoms with van der Waals surface area (Å²) < 4.78 is 6.04. The van der Waals surface area contributed by atoms with Crippen LogP contribution >= 0.6 is 0 Å². The maximum atomic E-state index is 12.1. The van der Waals surface area contributed by atoms with Crippen molar-refractivity contribution in [2.75, 3.05) is 6.61 Å². The Balaban J connectivity index is 2.60. The van der Waals surface area contributed by atoms with Crippen molar-refractivity contribution in [3.05, 3.63) is 35.9 Å². The van der Waals surface area contributed by atoms with Gasteiger partial charge in [0, 0.05) is 12.2 Å². The lowest BCUT2D eigenvalue weighted by Crippen LogP contribution is -2.46. The molecule has 23 heavy (non-hydrogen) atoms. The molecule has 0 aliphatic heterocycles. The monoisotopic (exact) mass is 336 g/mol. The van der Waals surface area contributed by atoms with Gasteiger partial charge in [0.25, 0.3) is 5.91 Å². The first-order valence-corrected chi connectivity index (χ1v) is 10.7. The summed E-state index contributed by atoms with van der Waals surface area (Å²) in [5, 5.41) is 2.78. The van der Waals surface area contributed by atoms with E-state index in [-0.39, 0.29) is 10.9 Å². The SMILES string of the molecule is CC(C)(C)[Si](C)(C)OCC[C@H](NC(=O)c1ccccc1)C(N)=O. The number of hydrogen-bond acceptors (Lipinski definition) is 3. The number of nitrogens with one attached hydrogen (secondary N) is 1. The fourth-order valence-corrected chi connectivity index (χ4v) is 2.83. The minimum absolute atomic E-state index is 0.0997. The maximum absolute atomic E-state index is 12.1. The van der Waals surface area contributed by atoms with E-state index in [0.717, 1.165) is 0 Å². The van der Waals surface area contributed by atoms with E-state index in [9.17, 15) is 9.59 Å². The molecule has 0 heterocycles. The van der Waals surface area contributed by atoms with Gasteiger partial charge in [0.2, 0.25) is 5.91 Å². The third-order valence-corrected chi connectivity index (χ3v) is 8.90. The Hall–Kier alpha value is -1.66. The molecule has 0 unspecified atom stereocenters. The topological polar surface area (TPSA) is 81.4 Å². The van der Waals surface area contributed by atoms with E-state index in [0.29, 0.717) is 18.6 Å². The molecule has 1 rings (SSSR count). The zero-order valence-electron chi connectivity index (χ0n) is 14.7. The molecule has 128 valence electrons. The van der Waals surface area contributed by atoms with Crippen LogP contribution in [0.15, 0.2) is 30.3 Å². The highest BCUT2D eigenvalue weighted by Gasteiger charge is 2.37. The molecule has 0 saturated carbocycles. The fourth-order valence-electron chi connectivity index (χ4n) is 1.77. The molecule has 0 aliphatic rings. The third kappa shape index (κ3) is 5.80. The average Bonchev–Trinajstić information content (AvgIpc) is 2.45. The highest BCUT2D eigenvalue weighted by molar-refractivity contribution is 6.74. The summed E-state index contributed by atoms with van der Waals surface area (Å²) in [6, 6.07) is 8.03. The Morgan fingerprint density at radius 2 is 1.78 bits per heavy atom. The lowest BCUT2D eigenvalue weighted by atomic mass is 10.1. The first kappa shape index (κ1) is 19.4. The second-order valence-corrected chi connectivity index (χ2v) is 12.0. The van der Waals surface area contributed by atoms with Crippen molar-refractivity contribution < 1.29 is 14.0 Å². The molecule has 5 nitrogen and oxygen atoms in total. The molecule has 0 radical (unpaired) electrons. The van der Waals surface area contributed by atoms with Gasteiger partial charge < -0.3 is 15.5 Å². The molecular weight excluding hydrogens is 308 g/mol. The van der Waals surface area contributed by atoms with Crippen molar-refractivity contribution in [2.24, 2.45) is 5.73 Å². The van der Waals surface area contributed by atoms with E-state index in [1.165, 1.54) is 0 Å². The molecule has 1 aromatic rings. The van der Waals surface area contributed by atoms with Gasteiger partial charge in [-0.3, -0.25) is 9.59 Å². The Labute approximate surface area is 139 Å². The van der Waals surface area contributed by atoms with Crippen molar-refractivity contribution in [2.45, 2.75) is 51.4 Å². The zero-order chi connectivity index (χ0) is 17.7. The van der Waals surface area contributed by atoms with Gasteiger partial charge >= 0.3 is 0 Å². The van der Waals surface area contributed by atoms with Crippen LogP contribution in [0.1, 0.15) is 37.6 Å². The van der Waals surface area contributed by atoms with Crippen molar-refractivity contribution in [3.8, 4) is 0 Å². The molecule has 0 aliphatic carbocycles. The van der Waals surface area contributed by atoms with Crippen molar-refractivity contribution >= 4 is 20.1 Å². The van der Waals surface area contributed by atoms with E-state index in [1.807, 2.05) is 6.07 Å². The summed E-state index contributed by atoms with van der Waals surface area (Å²) in [5.74, 6) is -0.852. The Bertz CT molecular complexity index is 539. The van der Waals surface area contributed by atoms with Crippen LogP contribution < -0.4 is 11.1 Å². The number of nitrogens with two attached hydrogens (primary N) is 1. The van der Waals surface area contributed by atoms with Gasteiger partial charge in [-0.15, -0.1) is 0 Å². The predicted octanol–water partition coefficient (Wildman–Crippen LogP) is 2.68. The van der Waals surface area contributed by atoms with Crippen LogP contribution in [-0.2, 0) is 9.22 Å². The summed E-state index contributed by atoms with van der Waals surface area (Å²) in [7, 11) is -1.88. The van der Waals surface area contributed by atoms with Gasteiger partial charge in [-0.25, -0.2) is 0 Å². The average molecular weight is 337 g/mol. The van der Waals surface area contributed by atoms with Crippen molar-refractivity contribution in [1.29, 1.82) is 0 Å².